The molecule has 0 spiro atoms. The van der Waals surface area contributed by atoms with Gasteiger partial charge in [-0.05, 0) is 12.1 Å². The molecule has 0 unspecified atom stereocenters. The minimum atomic E-state index is -4.51. The van der Waals surface area contributed by atoms with Gasteiger partial charge in [0.2, 0.25) is 0 Å². The van der Waals surface area contributed by atoms with Crippen LogP contribution in [0.25, 0.3) is 0 Å². The van der Waals surface area contributed by atoms with Crippen LogP contribution in [-0.2, 0) is 6.18 Å². The summed E-state index contributed by atoms with van der Waals surface area (Å²) in [5.74, 6) is -1.05. The first kappa shape index (κ1) is 15.0. The van der Waals surface area contributed by atoms with Crippen molar-refractivity contribution in [2.24, 2.45) is 0 Å². The van der Waals surface area contributed by atoms with E-state index in [0.29, 0.717) is 5.56 Å². The number of rotatable bonds is 4. The summed E-state index contributed by atoms with van der Waals surface area (Å²) >= 11 is 0. The Hall–Kier alpha value is -2.43. The Balaban J connectivity index is 2.16. The summed E-state index contributed by atoms with van der Waals surface area (Å²) in [4.78, 5) is 23.8. The number of alkyl halides is 3. The summed E-state index contributed by atoms with van der Waals surface area (Å²) in [5, 5.41) is 0. The minimum Gasteiger partial charge on any atom is -0.294 e. The molecule has 0 aliphatic heterocycles. The molecule has 0 N–H and O–H groups in total. The zero-order chi connectivity index (χ0) is 15.5. The third-order valence-corrected chi connectivity index (χ3v) is 2.93. The van der Waals surface area contributed by atoms with Gasteiger partial charge in [0.05, 0.1) is 12.0 Å². The van der Waals surface area contributed by atoms with Crippen molar-refractivity contribution >= 4 is 11.6 Å². The topological polar surface area (TPSA) is 34.1 Å². The lowest BCUT2D eigenvalue weighted by atomic mass is 10.00. The van der Waals surface area contributed by atoms with Crippen LogP contribution in [0, 0.1) is 0 Å². The summed E-state index contributed by atoms with van der Waals surface area (Å²) < 4.78 is 37.7. The summed E-state index contributed by atoms with van der Waals surface area (Å²) in [6, 6.07) is 12.2. The summed E-state index contributed by atoms with van der Waals surface area (Å²) in [5.41, 5.74) is -0.660. The molecule has 0 fully saturated rings. The van der Waals surface area contributed by atoms with Gasteiger partial charge in [-0.1, -0.05) is 42.5 Å². The Kier molecular flexibility index (Phi) is 4.21. The molecule has 2 rings (SSSR count). The van der Waals surface area contributed by atoms with Gasteiger partial charge in [-0.2, -0.15) is 13.2 Å². The lowest BCUT2D eigenvalue weighted by Gasteiger charge is -2.08. The average Bonchev–Trinajstić information content (AvgIpc) is 2.47. The Morgan fingerprint density at radius 1 is 0.810 bits per heavy atom. The van der Waals surface area contributed by atoms with Crippen LogP contribution in [-0.4, -0.2) is 11.6 Å². The molecule has 0 saturated carbocycles. The number of hydrogen-bond donors (Lipinski definition) is 0. The monoisotopic (exact) mass is 292 g/mol. The fourth-order valence-corrected chi connectivity index (χ4v) is 1.84. The lowest BCUT2D eigenvalue weighted by Crippen LogP contribution is -2.11. The van der Waals surface area contributed by atoms with Crippen LogP contribution in [0.2, 0.25) is 0 Å². The second-order valence-electron chi connectivity index (χ2n) is 4.47. The van der Waals surface area contributed by atoms with Crippen molar-refractivity contribution in [2.75, 3.05) is 0 Å². The molecule has 0 aliphatic carbocycles. The smallest absolute Gasteiger partial charge is 0.294 e. The van der Waals surface area contributed by atoms with Gasteiger partial charge in [0.15, 0.2) is 11.6 Å². The molecule has 0 atom stereocenters. The molecule has 0 heterocycles. The summed E-state index contributed by atoms with van der Waals surface area (Å²) in [6.07, 6.45) is -4.97. The molecule has 5 heteroatoms. The minimum absolute atomic E-state index is 0.117. The SMILES string of the molecule is O=C(CC(=O)c1cccc(C(F)(F)F)c1)c1ccccc1. The number of hydrogen-bond acceptors (Lipinski definition) is 2. The predicted molar refractivity (Wildman–Crippen MR) is 71.2 cm³/mol. The van der Waals surface area contributed by atoms with Gasteiger partial charge in [-0.3, -0.25) is 9.59 Å². The van der Waals surface area contributed by atoms with E-state index in [0.717, 1.165) is 18.2 Å². The molecule has 0 aromatic heterocycles. The van der Waals surface area contributed by atoms with Crippen LogP contribution >= 0.6 is 0 Å². The molecule has 108 valence electrons. The molecular formula is C16H11F3O2. The van der Waals surface area contributed by atoms with Crippen LogP contribution < -0.4 is 0 Å². The van der Waals surface area contributed by atoms with E-state index >= 15 is 0 Å². The van der Waals surface area contributed by atoms with E-state index in [1.807, 2.05) is 0 Å². The van der Waals surface area contributed by atoms with Gasteiger partial charge in [0, 0.05) is 11.1 Å². The van der Waals surface area contributed by atoms with Gasteiger partial charge in [0.1, 0.15) is 0 Å². The number of carbonyl (C=O) groups excluding carboxylic acids is 2. The highest BCUT2D eigenvalue weighted by molar-refractivity contribution is 6.13. The third kappa shape index (κ3) is 3.78. The first-order valence-electron chi connectivity index (χ1n) is 6.16. The van der Waals surface area contributed by atoms with Crippen LogP contribution in [0.15, 0.2) is 54.6 Å². The maximum Gasteiger partial charge on any atom is 0.416 e. The highest BCUT2D eigenvalue weighted by Crippen LogP contribution is 2.29. The number of Topliss-reactive ketones (excluding diaryl/α,β-unsaturated/α-hetero) is 2. The fourth-order valence-electron chi connectivity index (χ4n) is 1.84. The Morgan fingerprint density at radius 2 is 1.38 bits per heavy atom. The van der Waals surface area contributed by atoms with E-state index < -0.39 is 29.7 Å². The molecule has 0 saturated heterocycles. The average molecular weight is 292 g/mol. The zero-order valence-electron chi connectivity index (χ0n) is 10.9. The van der Waals surface area contributed by atoms with Crippen LogP contribution in [0.4, 0.5) is 13.2 Å². The number of halogens is 3. The van der Waals surface area contributed by atoms with E-state index in [-0.39, 0.29) is 5.56 Å². The number of ketones is 2. The molecule has 0 amide bonds. The highest BCUT2D eigenvalue weighted by Gasteiger charge is 2.31. The Morgan fingerprint density at radius 3 is 2.00 bits per heavy atom. The highest BCUT2D eigenvalue weighted by atomic mass is 19.4. The summed E-state index contributed by atoms with van der Waals surface area (Å²) in [7, 11) is 0. The van der Waals surface area contributed by atoms with E-state index in [2.05, 4.69) is 0 Å². The Labute approximate surface area is 119 Å². The molecule has 0 aliphatic rings. The summed E-state index contributed by atoms with van der Waals surface area (Å²) in [6.45, 7) is 0. The Bertz CT molecular complexity index is 661. The molecular weight excluding hydrogens is 281 g/mol. The second kappa shape index (κ2) is 5.91. The zero-order valence-corrected chi connectivity index (χ0v) is 10.9. The van der Waals surface area contributed by atoms with Crippen LogP contribution in [0.5, 0.6) is 0 Å². The van der Waals surface area contributed by atoms with Gasteiger partial charge in [-0.15, -0.1) is 0 Å². The maximum atomic E-state index is 12.6. The van der Waals surface area contributed by atoms with Crippen LogP contribution in [0.3, 0.4) is 0 Å². The van der Waals surface area contributed by atoms with Crippen molar-refractivity contribution in [3.63, 3.8) is 0 Å². The normalized spacial score (nSPS) is 11.2. The van der Waals surface area contributed by atoms with Gasteiger partial charge in [-0.25, -0.2) is 0 Å². The molecule has 2 aromatic rings. The fraction of sp³-hybridized carbons (Fsp3) is 0.125. The van der Waals surface area contributed by atoms with Gasteiger partial charge >= 0.3 is 6.18 Å². The largest absolute Gasteiger partial charge is 0.416 e. The molecule has 2 aromatic carbocycles. The first-order valence-corrected chi connectivity index (χ1v) is 6.16. The molecule has 2 nitrogen and oxygen atoms in total. The van der Waals surface area contributed by atoms with Crippen molar-refractivity contribution in [3.05, 3.63) is 71.3 Å². The van der Waals surface area contributed by atoms with E-state index in [1.54, 1.807) is 30.3 Å². The van der Waals surface area contributed by atoms with Crippen molar-refractivity contribution in [2.45, 2.75) is 12.6 Å². The third-order valence-electron chi connectivity index (χ3n) is 2.93. The molecule has 0 radical (unpaired) electrons. The first-order chi connectivity index (χ1) is 9.88. The van der Waals surface area contributed by atoms with E-state index in [1.165, 1.54) is 6.07 Å². The van der Waals surface area contributed by atoms with Gasteiger partial charge < -0.3 is 0 Å². The standard InChI is InChI=1S/C16H11F3O2/c17-16(18,19)13-8-4-7-12(9-13)15(21)10-14(20)11-5-2-1-3-6-11/h1-9H,10H2. The van der Waals surface area contributed by atoms with Crippen molar-refractivity contribution in [1.29, 1.82) is 0 Å². The lowest BCUT2D eigenvalue weighted by molar-refractivity contribution is -0.137. The van der Waals surface area contributed by atoms with E-state index in [4.69, 9.17) is 0 Å². The predicted octanol–water partition coefficient (Wildman–Crippen LogP) is 4.16. The quantitative estimate of drug-likeness (QED) is 0.626. The molecule has 21 heavy (non-hydrogen) atoms. The van der Waals surface area contributed by atoms with Crippen LogP contribution in [0.1, 0.15) is 32.7 Å². The second-order valence-corrected chi connectivity index (χ2v) is 4.47. The van der Waals surface area contributed by atoms with Gasteiger partial charge in [0.25, 0.3) is 0 Å². The van der Waals surface area contributed by atoms with Crippen molar-refractivity contribution in [3.8, 4) is 0 Å². The number of carbonyl (C=O) groups is 2. The molecule has 0 bridgehead atoms. The van der Waals surface area contributed by atoms with Crippen molar-refractivity contribution in [1.82, 2.24) is 0 Å². The van der Waals surface area contributed by atoms with E-state index in [9.17, 15) is 22.8 Å². The maximum absolute atomic E-state index is 12.6. The van der Waals surface area contributed by atoms with Crippen molar-refractivity contribution < 1.29 is 22.8 Å². The number of benzene rings is 2.